The number of allylic oxidation sites excluding steroid dienone is 2. The van der Waals surface area contributed by atoms with Gasteiger partial charge in [0.25, 0.3) is 0 Å². The minimum atomic E-state index is -3.35. The largest absolute Gasteiger partial charge is 0.224 e. The van der Waals surface area contributed by atoms with E-state index in [0.717, 1.165) is 22.3 Å². The Kier molecular flexibility index (Phi) is 3.62. The lowest BCUT2D eigenvalue weighted by Crippen LogP contribution is -2.18. The Balaban J connectivity index is 2.04. The number of sulfone groups is 1. The van der Waals surface area contributed by atoms with E-state index in [4.69, 9.17) is 0 Å². The van der Waals surface area contributed by atoms with Crippen molar-refractivity contribution in [3.63, 3.8) is 0 Å². The van der Waals surface area contributed by atoms with Crippen LogP contribution in [-0.4, -0.2) is 14.7 Å². The third-order valence-corrected chi connectivity index (χ3v) is 5.98. The van der Waals surface area contributed by atoms with Crippen LogP contribution in [0.5, 0.6) is 0 Å². The molecule has 0 amide bonds. The number of rotatable bonds is 4. The molecule has 0 radical (unpaired) electrons. The van der Waals surface area contributed by atoms with E-state index < -0.39 is 15.3 Å². The van der Waals surface area contributed by atoms with Crippen molar-refractivity contribution in [2.45, 2.75) is 5.41 Å². The molecule has 0 N–H and O–H groups in total. The Morgan fingerprint density at radius 1 is 0.640 bits per heavy atom. The predicted molar refractivity (Wildman–Crippen MR) is 102 cm³/mol. The summed E-state index contributed by atoms with van der Waals surface area (Å²) < 4.78 is 25.4. The minimum Gasteiger partial charge on any atom is -0.224 e. The average Bonchev–Trinajstić information content (AvgIpc) is 3.36. The zero-order chi connectivity index (χ0) is 17.5. The van der Waals surface area contributed by atoms with Gasteiger partial charge in [0.15, 0.2) is 9.84 Å². The van der Waals surface area contributed by atoms with E-state index in [9.17, 15) is 8.42 Å². The van der Waals surface area contributed by atoms with Crippen LogP contribution in [0.1, 0.15) is 16.7 Å². The fourth-order valence-corrected chi connectivity index (χ4v) is 5.25. The van der Waals surface area contributed by atoms with Gasteiger partial charge in [0, 0.05) is 6.26 Å². The maximum atomic E-state index is 12.7. The molecule has 25 heavy (non-hydrogen) atoms. The van der Waals surface area contributed by atoms with E-state index in [1.54, 1.807) is 0 Å². The second-order valence-corrected chi connectivity index (χ2v) is 8.28. The fraction of sp³-hybridized carbons (Fsp3) is 0.0909. The number of hydrogen-bond donors (Lipinski definition) is 0. The number of hydrogen-bond acceptors (Lipinski definition) is 2. The van der Waals surface area contributed by atoms with Crippen molar-refractivity contribution in [1.82, 2.24) is 0 Å². The molecule has 0 spiro atoms. The van der Waals surface area contributed by atoms with Gasteiger partial charge in [-0.05, 0) is 22.3 Å². The van der Waals surface area contributed by atoms with Gasteiger partial charge in [-0.3, -0.25) is 0 Å². The maximum absolute atomic E-state index is 12.7. The Bertz CT molecular complexity index is 995. The molecule has 0 unspecified atom stereocenters. The summed E-state index contributed by atoms with van der Waals surface area (Å²) in [6, 6.07) is 29.6. The van der Waals surface area contributed by atoms with Crippen molar-refractivity contribution in [2.24, 2.45) is 0 Å². The predicted octanol–water partition coefficient (Wildman–Crippen LogP) is 4.44. The monoisotopic (exact) mass is 346 g/mol. The molecular formula is C22H18O2S. The molecule has 0 saturated carbocycles. The van der Waals surface area contributed by atoms with Gasteiger partial charge in [0.2, 0.25) is 0 Å². The fourth-order valence-electron chi connectivity index (χ4n) is 3.77. The van der Waals surface area contributed by atoms with Gasteiger partial charge in [-0.1, -0.05) is 91.0 Å². The van der Waals surface area contributed by atoms with Crippen molar-refractivity contribution < 1.29 is 8.42 Å². The van der Waals surface area contributed by atoms with Crippen LogP contribution < -0.4 is 0 Å². The van der Waals surface area contributed by atoms with E-state index in [2.05, 4.69) is 0 Å². The van der Waals surface area contributed by atoms with Crippen molar-refractivity contribution in [3.05, 3.63) is 113 Å². The van der Waals surface area contributed by atoms with E-state index in [-0.39, 0.29) is 0 Å². The van der Waals surface area contributed by atoms with Gasteiger partial charge < -0.3 is 0 Å². The van der Waals surface area contributed by atoms with E-state index >= 15 is 0 Å². The Morgan fingerprint density at radius 3 is 1.44 bits per heavy atom. The van der Waals surface area contributed by atoms with Crippen LogP contribution in [-0.2, 0) is 15.3 Å². The molecule has 0 bridgehead atoms. The molecule has 3 aromatic rings. The zero-order valence-corrected chi connectivity index (χ0v) is 14.7. The minimum absolute atomic E-state index is 0.503. The molecule has 1 aliphatic carbocycles. The first-order valence-corrected chi connectivity index (χ1v) is 10.1. The van der Waals surface area contributed by atoms with Crippen LogP contribution in [0.4, 0.5) is 0 Å². The van der Waals surface area contributed by atoms with E-state index in [1.165, 1.54) is 6.26 Å². The van der Waals surface area contributed by atoms with Crippen LogP contribution in [0.15, 0.2) is 95.9 Å². The quantitative estimate of drug-likeness (QED) is 0.700. The molecule has 0 aromatic heterocycles. The molecule has 124 valence electrons. The molecular weight excluding hydrogens is 328 g/mol. The lowest BCUT2D eigenvalue weighted by atomic mass is 9.81. The molecule has 0 saturated heterocycles. The van der Waals surface area contributed by atoms with Crippen molar-refractivity contribution in [3.8, 4) is 0 Å². The standard InChI is InChI=1S/C22H18O2S/c1-25(23,24)21-20(17-11-5-2-6-12-17)22(21,18-13-7-3-8-14-18)19-15-9-4-10-16-19/h2-16H,1H3. The molecule has 4 rings (SSSR count). The van der Waals surface area contributed by atoms with Crippen molar-refractivity contribution in [2.75, 3.05) is 6.26 Å². The summed E-state index contributed by atoms with van der Waals surface area (Å²) in [7, 11) is -3.35. The van der Waals surface area contributed by atoms with Gasteiger partial charge in [0.1, 0.15) is 0 Å². The van der Waals surface area contributed by atoms with E-state index in [1.807, 2.05) is 91.0 Å². The first-order chi connectivity index (χ1) is 12.1. The normalized spacial score (nSPS) is 15.9. The highest BCUT2D eigenvalue weighted by atomic mass is 32.2. The molecule has 3 heteroatoms. The Hall–Kier alpha value is -2.65. The summed E-state index contributed by atoms with van der Waals surface area (Å²) in [4.78, 5) is 0.503. The first kappa shape index (κ1) is 15.9. The van der Waals surface area contributed by atoms with Crippen LogP contribution >= 0.6 is 0 Å². The third-order valence-electron chi connectivity index (χ3n) is 4.73. The topological polar surface area (TPSA) is 34.1 Å². The van der Waals surface area contributed by atoms with Crippen LogP contribution in [0.25, 0.3) is 5.57 Å². The zero-order valence-electron chi connectivity index (χ0n) is 13.9. The van der Waals surface area contributed by atoms with Gasteiger partial charge in [0.05, 0.1) is 10.3 Å². The van der Waals surface area contributed by atoms with Crippen LogP contribution in [0.2, 0.25) is 0 Å². The molecule has 0 atom stereocenters. The summed E-state index contributed by atoms with van der Waals surface area (Å²) in [6.07, 6.45) is 1.30. The van der Waals surface area contributed by atoms with Gasteiger partial charge >= 0.3 is 0 Å². The molecule has 0 aliphatic heterocycles. The molecule has 3 aromatic carbocycles. The molecule has 0 fully saturated rings. The first-order valence-electron chi connectivity index (χ1n) is 8.18. The van der Waals surface area contributed by atoms with Crippen LogP contribution in [0, 0.1) is 0 Å². The van der Waals surface area contributed by atoms with Gasteiger partial charge in [-0.2, -0.15) is 0 Å². The summed E-state index contributed by atoms with van der Waals surface area (Å²) in [5.74, 6) is 0. The Labute approximate surface area is 148 Å². The molecule has 1 aliphatic rings. The smallest absolute Gasteiger partial charge is 0.173 e. The number of benzene rings is 3. The van der Waals surface area contributed by atoms with Gasteiger partial charge in [-0.15, -0.1) is 0 Å². The van der Waals surface area contributed by atoms with Crippen molar-refractivity contribution in [1.29, 1.82) is 0 Å². The van der Waals surface area contributed by atoms with Crippen LogP contribution in [0.3, 0.4) is 0 Å². The maximum Gasteiger partial charge on any atom is 0.173 e. The lowest BCUT2D eigenvalue weighted by Gasteiger charge is -2.21. The lowest BCUT2D eigenvalue weighted by molar-refractivity contribution is 0.606. The van der Waals surface area contributed by atoms with Gasteiger partial charge in [-0.25, -0.2) is 8.42 Å². The summed E-state index contributed by atoms with van der Waals surface area (Å²) in [5, 5.41) is 0. The second kappa shape index (κ2) is 5.71. The Morgan fingerprint density at radius 2 is 1.04 bits per heavy atom. The van der Waals surface area contributed by atoms with E-state index in [0.29, 0.717) is 4.91 Å². The molecule has 0 heterocycles. The summed E-state index contributed by atoms with van der Waals surface area (Å²) >= 11 is 0. The highest BCUT2D eigenvalue weighted by Crippen LogP contribution is 2.65. The highest BCUT2D eigenvalue weighted by molar-refractivity contribution is 7.95. The highest BCUT2D eigenvalue weighted by Gasteiger charge is 2.60. The molecule has 2 nitrogen and oxygen atoms in total. The summed E-state index contributed by atoms with van der Waals surface area (Å²) in [5.41, 5.74) is 3.11. The second-order valence-electron chi connectivity index (χ2n) is 6.32. The summed E-state index contributed by atoms with van der Waals surface area (Å²) in [6.45, 7) is 0. The average molecular weight is 346 g/mol. The third kappa shape index (κ3) is 2.43. The van der Waals surface area contributed by atoms with Crippen molar-refractivity contribution >= 4 is 15.4 Å². The SMILES string of the molecule is CS(=O)(=O)C1=C(c2ccccc2)C1(c1ccccc1)c1ccccc1.